The zero-order valence-electron chi connectivity index (χ0n) is 36.0. The van der Waals surface area contributed by atoms with Crippen LogP contribution >= 0.6 is 11.3 Å². The summed E-state index contributed by atoms with van der Waals surface area (Å²) in [6.07, 6.45) is 10.1. The number of aryl methyl sites for hydroxylation is 1. The second-order valence-electron chi connectivity index (χ2n) is 17.4. The lowest BCUT2D eigenvalue weighted by atomic mass is 9.89. The van der Waals surface area contributed by atoms with Crippen LogP contribution in [0.2, 0.25) is 0 Å². The van der Waals surface area contributed by atoms with Crippen LogP contribution in [0.3, 0.4) is 0 Å². The van der Waals surface area contributed by atoms with Crippen molar-refractivity contribution in [3.63, 3.8) is 0 Å². The fraction of sp³-hybridized carbons (Fsp3) is 0.511. The molecule has 4 aliphatic heterocycles. The molecule has 3 aromatic heterocycles. The third-order valence-corrected chi connectivity index (χ3v) is 15.9. The number of nitrogens with zero attached hydrogens (tertiary/aromatic N) is 7. The summed E-state index contributed by atoms with van der Waals surface area (Å²) < 4.78 is 40.9. The molecule has 19 heteroatoms. The van der Waals surface area contributed by atoms with Crippen molar-refractivity contribution in [2.75, 3.05) is 49.9 Å². The number of hydrogen-bond acceptors (Lipinski definition) is 13. The van der Waals surface area contributed by atoms with Crippen molar-refractivity contribution in [2.45, 2.75) is 88.7 Å². The third-order valence-electron chi connectivity index (χ3n) is 13.4. The van der Waals surface area contributed by atoms with Crippen LogP contribution in [0.1, 0.15) is 98.4 Å². The summed E-state index contributed by atoms with van der Waals surface area (Å²) in [6, 6.07) is 10.1. The Bertz CT molecular complexity index is 2480. The Labute approximate surface area is 376 Å². The second kappa shape index (κ2) is 19.4. The van der Waals surface area contributed by atoms with Gasteiger partial charge < -0.3 is 20.4 Å². The number of imide groups is 1. The Kier molecular flexibility index (Phi) is 13.7. The Hall–Kier alpha value is -5.40. The molecule has 340 valence electrons. The van der Waals surface area contributed by atoms with E-state index in [0.29, 0.717) is 93.6 Å². The largest absolute Gasteiger partial charge is 0.368 e. The van der Waals surface area contributed by atoms with E-state index in [1.807, 2.05) is 21.9 Å². The van der Waals surface area contributed by atoms with E-state index in [2.05, 4.69) is 25.2 Å². The molecule has 0 saturated carbocycles. The molecule has 2 unspecified atom stereocenters. The number of hydrogen-bond donors (Lipinski definition) is 3. The van der Waals surface area contributed by atoms with Gasteiger partial charge in [0.2, 0.25) is 39.6 Å². The highest BCUT2D eigenvalue weighted by Gasteiger charge is 2.36. The number of halogens is 1. The molecule has 0 spiro atoms. The van der Waals surface area contributed by atoms with Crippen molar-refractivity contribution < 1.29 is 32.0 Å². The molecule has 4 aliphatic rings. The Morgan fingerprint density at radius 3 is 2.17 bits per heavy atom. The van der Waals surface area contributed by atoms with Crippen LogP contribution in [-0.4, -0.2) is 101 Å². The van der Waals surface area contributed by atoms with Crippen LogP contribution in [0.5, 0.6) is 0 Å². The highest BCUT2D eigenvalue weighted by atomic mass is 32.2. The maximum Gasteiger partial charge on any atom is 0.234 e. The summed E-state index contributed by atoms with van der Waals surface area (Å²) in [7, 11) is -4.06. The van der Waals surface area contributed by atoms with E-state index in [1.165, 1.54) is 23.6 Å². The van der Waals surface area contributed by atoms with Crippen LogP contribution in [0.4, 0.5) is 16.2 Å². The molecular weight excluding hydrogens is 860 g/mol. The van der Waals surface area contributed by atoms with E-state index < -0.39 is 21.1 Å². The number of amides is 4. The van der Waals surface area contributed by atoms with Crippen molar-refractivity contribution in [3.05, 3.63) is 70.7 Å². The molecule has 16 nitrogen and oxygen atoms in total. The first-order valence-corrected chi connectivity index (χ1v) is 24.7. The summed E-state index contributed by atoms with van der Waals surface area (Å²) in [5.41, 5.74) is 7.71. The van der Waals surface area contributed by atoms with Gasteiger partial charge in [0.25, 0.3) is 0 Å². The van der Waals surface area contributed by atoms with Gasteiger partial charge in [-0.25, -0.2) is 37.9 Å². The Morgan fingerprint density at radius 1 is 0.891 bits per heavy atom. The highest BCUT2D eigenvalue weighted by Crippen LogP contribution is 2.41. The number of sulfonamides is 1. The van der Waals surface area contributed by atoms with E-state index in [0.717, 1.165) is 48.5 Å². The minimum Gasteiger partial charge on any atom is -0.368 e. The summed E-state index contributed by atoms with van der Waals surface area (Å²) in [6.45, 7) is 5.55. The monoisotopic (exact) mass is 914 g/mol. The van der Waals surface area contributed by atoms with Crippen LogP contribution < -0.4 is 21.1 Å². The van der Waals surface area contributed by atoms with Crippen LogP contribution in [0.25, 0.3) is 21.8 Å². The molecule has 1 aromatic carbocycles. The molecule has 4 amide bonds. The SMILES string of the molecule is CCC(c1cccc(-c2nc(CCC3CCN(C(=O)C4CCN(C(=O)C5CCN(c6ccc(C7CCC(=O)NC7=O)cn6)CC5)CC4)CC3)sc2-c2ccnc(N)n2)c1F)S(N)(=O)=O. The van der Waals surface area contributed by atoms with Gasteiger partial charge in [0.1, 0.15) is 16.9 Å². The van der Waals surface area contributed by atoms with E-state index in [-0.39, 0.29) is 64.9 Å². The smallest absolute Gasteiger partial charge is 0.234 e. The fourth-order valence-corrected chi connectivity index (χ4v) is 11.8. The number of primary sulfonamides is 1. The minimum atomic E-state index is -4.06. The molecule has 2 atom stereocenters. The summed E-state index contributed by atoms with van der Waals surface area (Å²) in [4.78, 5) is 75.7. The lowest BCUT2D eigenvalue weighted by molar-refractivity contribution is -0.143. The standard InChI is InChI=1S/C45H55FN10O6S2/c1-2-35(64(48,61)62)32-4-3-5-33(39(32)46)40-41(34-12-19-49-45(47)51-34)63-38(53-40)11-6-27-13-20-55(21-14-27)43(59)29-17-24-56(25-18-29)44(60)28-15-22-54(23-16-28)36-9-7-30(26-50-36)31-8-10-37(57)52-42(31)58/h3-5,7,9,12,19,26-29,31,35H,2,6,8,10-11,13-18,20-25H2,1H3,(H2,47,49,51)(H2,48,61,62)(H,52,57,58). The Balaban J connectivity index is 0.807. The van der Waals surface area contributed by atoms with E-state index >= 15 is 4.39 Å². The average molecular weight is 915 g/mol. The maximum absolute atomic E-state index is 16.2. The van der Waals surface area contributed by atoms with Crippen molar-refractivity contribution in [2.24, 2.45) is 22.9 Å². The molecule has 4 aromatic rings. The first-order chi connectivity index (χ1) is 30.8. The molecule has 0 aliphatic carbocycles. The zero-order chi connectivity index (χ0) is 45.1. The van der Waals surface area contributed by atoms with Crippen LogP contribution in [0.15, 0.2) is 48.8 Å². The number of carbonyl (C=O) groups excluding carboxylic acids is 4. The number of carbonyl (C=O) groups is 4. The predicted molar refractivity (Wildman–Crippen MR) is 240 cm³/mol. The first kappa shape index (κ1) is 45.2. The first-order valence-electron chi connectivity index (χ1n) is 22.3. The molecule has 0 bridgehead atoms. The van der Waals surface area contributed by atoms with Gasteiger partial charge in [0.15, 0.2) is 0 Å². The van der Waals surface area contributed by atoms with Gasteiger partial charge in [0.05, 0.1) is 27.2 Å². The predicted octanol–water partition coefficient (Wildman–Crippen LogP) is 4.97. The average Bonchev–Trinajstić information content (AvgIpc) is 3.73. The van der Waals surface area contributed by atoms with Crippen molar-refractivity contribution in [1.82, 2.24) is 35.1 Å². The number of nitrogens with one attached hydrogen (secondary N) is 1. The number of piperidine rings is 4. The molecule has 5 N–H and O–H groups in total. The second-order valence-corrected chi connectivity index (χ2v) is 20.2. The number of thiazole rings is 1. The molecule has 4 fully saturated rings. The number of nitrogen functional groups attached to an aromatic ring is 1. The van der Waals surface area contributed by atoms with Crippen molar-refractivity contribution >= 4 is 56.8 Å². The summed E-state index contributed by atoms with van der Waals surface area (Å²) in [5, 5.41) is 7.47. The maximum atomic E-state index is 16.2. The molecule has 8 rings (SSSR count). The minimum absolute atomic E-state index is 0.00775. The van der Waals surface area contributed by atoms with E-state index in [1.54, 1.807) is 31.3 Å². The summed E-state index contributed by atoms with van der Waals surface area (Å²) >= 11 is 1.40. The zero-order valence-corrected chi connectivity index (χ0v) is 37.6. The number of benzene rings is 1. The molecule has 7 heterocycles. The van der Waals surface area contributed by atoms with Gasteiger partial charge in [0, 0.05) is 81.0 Å². The van der Waals surface area contributed by atoms with Gasteiger partial charge in [-0.15, -0.1) is 11.3 Å². The Morgan fingerprint density at radius 2 is 1.56 bits per heavy atom. The van der Waals surface area contributed by atoms with Gasteiger partial charge in [-0.2, -0.15) is 0 Å². The lowest BCUT2D eigenvalue weighted by Crippen LogP contribution is -2.49. The number of pyridine rings is 1. The number of anilines is 2. The van der Waals surface area contributed by atoms with Gasteiger partial charge in [-0.3, -0.25) is 24.5 Å². The molecule has 4 saturated heterocycles. The number of rotatable bonds is 12. The number of nitrogens with two attached hydrogens (primary N) is 2. The van der Waals surface area contributed by atoms with Gasteiger partial charge in [-0.1, -0.05) is 25.1 Å². The number of likely N-dealkylation sites (tertiary alicyclic amines) is 2. The van der Waals surface area contributed by atoms with Crippen molar-refractivity contribution in [1.29, 1.82) is 0 Å². The molecule has 0 radical (unpaired) electrons. The highest BCUT2D eigenvalue weighted by molar-refractivity contribution is 7.89. The van der Waals surface area contributed by atoms with Crippen LogP contribution in [-0.2, 0) is 35.6 Å². The van der Waals surface area contributed by atoms with Crippen LogP contribution in [0, 0.1) is 23.6 Å². The van der Waals surface area contributed by atoms with Crippen molar-refractivity contribution in [3.8, 4) is 21.8 Å². The van der Waals surface area contributed by atoms with E-state index in [9.17, 15) is 27.6 Å². The lowest BCUT2D eigenvalue weighted by Gasteiger charge is -2.39. The fourth-order valence-electron chi connectivity index (χ4n) is 9.73. The van der Waals surface area contributed by atoms with E-state index in [4.69, 9.17) is 15.9 Å². The van der Waals surface area contributed by atoms with Gasteiger partial charge >= 0.3 is 0 Å². The third kappa shape index (κ3) is 9.95. The molecular formula is C45H55FN10O6S2. The van der Waals surface area contributed by atoms with Gasteiger partial charge in [-0.05, 0) is 93.9 Å². The molecule has 64 heavy (non-hydrogen) atoms. The number of aromatic nitrogens is 4. The normalized spacial score (nSPS) is 20.0. The topological polar surface area (TPSA) is 228 Å². The quantitative estimate of drug-likeness (QED) is 0.160. The summed E-state index contributed by atoms with van der Waals surface area (Å²) in [5.74, 6) is -0.173.